The molecule has 0 saturated carbocycles. The fourth-order valence-corrected chi connectivity index (χ4v) is 0.801. The van der Waals surface area contributed by atoms with Crippen LogP contribution in [0.3, 0.4) is 0 Å². The van der Waals surface area contributed by atoms with Gasteiger partial charge >= 0.3 is 0 Å². The highest BCUT2D eigenvalue weighted by Crippen LogP contribution is 2.02. The summed E-state index contributed by atoms with van der Waals surface area (Å²) in [5.41, 5.74) is 1.69. The molecule has 0 aliphatic heterocycles. The van der Waals surface area contributed by atoms with E-state index in [1.54, 1.807) is 12.1 Å². The van der Waals surface area contributed by atoms with Crippen LogP contribution in [0.5, 0.6) is 0 Å². The van der Waals surface area contributed by atoms with Crippen LogP contribution in [0.25, 0.3) is 0 Å². The summed E-state index contributed by atoms with van der Waals surface area (Å²) in [7, 11) is 0. The zero-order chi connectivity index (χ0) is 8.27. The Morgan fingerprint density at radius 2 is 1.91 bits per heavy atom. The minimum atomic E-state index is -0.245. The number of rotatable bonds is 2. The second-order valence-corrected chi connectivity index (χ2v) is 2.37. The van der Waals surface area contributed by atoms with Crippen LogP contribution in [0.1, 0.15) is 15.9 Å². The van der Waals surface area contributed by atoms with Gasteiger partial charge in [-0.15, -0.1) is 0 Å². The zero-order valence-electron chi connectivity index (χ0n) is 6.29. The molecule has 0 aromatic heterocycles. The summed E-state index contributed by atoms with van der Waals surface area (Å²) < 4.78 is 0. The summed E-state index contributed by atoms with van der Waals surface area (Å²) in [5.74, 6) is -0.245. The molecule has 2 nitrogen and oxygen atoms in total. The molecule has 0 radical (unpaired) electrons. The van der Waals surface area contributed by atoms with Gasteiger partial charge < -0.3 is 5.41 Å². The van der Waals surface area contributed by atoms with E-state index in [9.17, 15) is 4.79 Å². The second-order valence-electron chi connectivity index (χ2n) is 2.37. The van der Waals surface area contributed by atoms with Gasteiger partial charge in [0.15, 0.2) is 0 Å². The lowest BCUT2D eigenvalue weighted by molar-refractivity contribution is 0.107. The van der Waals surface area contributed by atoms with Crippen molar-refractivity contribution in [2.45, 2.75) is 6.92 Å². The first-order valence-electron chi connectivity index (χ1n) is 3.35. The number of ketones is 1. The molecule has 1 aromatic rings. The van der Waals surface area contributed by atoms with Crippen molar-refractivity contribution in [2.24, 2.45) is 0 Å². The van der Waals surface area contributed by atoms with Crippen LogP contribution in [-0.4, -0.2) is 12.0 Å². The van der Waals surface area contributed by atoms with Crippen LogP contribution in [-0.2, 0) is 0 Å². The third-order valence-electron chi connectivity index (χ3n) is 1.47. The smallest absolute Gasteiger partial charge is 0.203 e. The minimum absolute atomic E-state index is 0.245. The SMILES string of the molecule is Cc1ccc(C(=O)C=N)cc1. The topological polar surface area (TPSA) is 40.9 Å². The molecule has 1 rings (SSSR count). The summed E-state index contributed by atoms with van der Waals surface area (Å²) in [6.07, 6.45) is 0.824. The van der Waals surface area contributed by atoms with E-state index >= 15 is 0 Å². The molecule has 0 atom stereocenters. The minimum Gasteiger partial charge on any atom is -0.305 e. The average molecular weight is 147 g/mol. The lowest BCUT2D eigenvalue weighted by atomic mass is 10.1. The van der Waals surface area contributed by atoms with Gasteiger partial charge in [-0.25, -0.2) is 0 Å². The van der Waals surface area contributed by atoms with Gasteiger partial charge in [-0.3, -0.25) is 4.79 Å². The number of nitrogens with one attached hydrogen (secondary N) is 1. The molecule has 0 bridgehead atoms. The Bertz CT molecular complexity index is 274. The van der Waals surface area contributed by atoms with E-state index in [2.05, 4.69) is 0 Å². The normalized spacial score (nSPS) is 9.18. The van der Waals surface area contributed by atoms with Gasteiger partial charge in [-0.1, -0.05) is 29.8 Å². The van der Waals surface area contributed by atoms with E-state index < -0.39 is 0 Å². The van der Waals surface area contributed by atoms with E-state index in [4.69, 9.17) is 5.41 Å². The third kappa shape index (κ3) is 1.74. The lowest BCUT2D eigenvalue weighted by Gasteiger charge is -1.94. The fraction of sp³-hybridized carbons (Fsp3) is 0.111. The molecule has 0 amide bonds. The van der Waals surface area contributed by atoms with Crippen molar-refractivity contribution >= 4 is 12.0 Å². The monoisotopic (exact) mass is 147 g/mol. The van der Waals surface area contributed by atoms with Crippen molar-refractivity contribution in [1.29, 1.82) is 5.41 Å². The number of carbonyl (C=O) groups excluding carboxylic acids is 1. The molecule has 56 valence electrons. The summed E-state index contributed by atoms with van der Waals surface area (Å²) in [6, 6.07) is 7.17. The van der Waals surface area contributed by atoms with Gasteiger partial charge in [-0.05, 0) is 6.92 Å². The standard InChI is InChI=1S/C9H9NO/c1-7-2-4-8(5-3-7)9(11)6-10/h2-6,10H,1H3. The number of benzene rings is 1. The van der Waals surface area contributed by atoms with Crippen LogP contribution < -0.4 is 0 Å². The van der Waals surface area contributed by atoms with E-state index in [1.165, 1.54) is 0 Å². The van der Waals surface area contributed by atoms with Gasteiger partial charge in [0.1, 0.15) is 0 Å². The average Bonchev–Trinajstić information content (AvgIpc) is 2.05. The number of aryl methyl sites for hydroxylation is 1. The third-order valence-corrected chi connectivity index (χ3v) is 1.47. The summed E-state index contributed by atoms with van der Waals surface area (Å²) in [5, 5.41) is 6.73. The maximum Gasteiger partial charge on any atom is 0.203 e. The van der Waals surface area contributed by atoms with Gasteiger partial charge in [0, 0.05) is 5.56 Å². The molecule has 0 saturated heterocycles. The number of hydrogen-bond acceptors (Lipinski definition) is 2. The largest absolute Gasteiger partial charge is 0.305 e. The van der Waals surface area contributed by atoms with Crippen molar-refractivity contribution in [3.8, 4) is 0 Å². The molecule has 0 aliphatic rings. The van der Waals surface area contributed by atoms with Crippen molar-refractivity contribution in [2.75, 3.05) is 0 Å². The van der Waals surface area contributed by atoms with Crippen molar-refractivity contribution in [3.05, 3.63) is 35.4 Å². The van der Waals surface area contributed by atoms with Gasteiger partial charge in [0.25, 0.3) is 0 Å². The zero-order valence-corrected chi connectivity index (χ0v) is 6.29. The lowest BCUT2D eigenvalue weighted by Crippen LogP contribution is -1.98. The Kier molecular flexibility index (Phi) is 2.16. The van der Waals surface area contributed by atoms with Crippen LogP contribution in [0.4, 0.5) is 0 Å². The Morgan fingerprint density at radius 1 is 1.36 bits per heavy atom. The number of hydrogen-bond donors (Lipinski definition) is 1. The molecule has 1 N–H and O–H groups in total. The molecule has 0 fully saturated rings. The van der Waals surface area contributed by atoms with E-state index in [0.717, 1.165) is 11.8 Å². The summed E-state index contributed by atoms with van der Waals surface area (Å²) in [4.78, 5) is 10.9. The first-order valence-corrected chi connectivity index (χ1v) is 3.35. The Balaban J connectivity index is 2.98. The highest BCUT2D eigenvalue weighted by molar-refractivity contribution is 6.34. The van der Waals surface area contributed by atoms with Crippen molar-refractivity contribution < 1.29 is 4.79 Å². The maximum absolute atomic E-state index is 10.9. The fourth-order valence-electron chi connectivity index (χ4n) is 0.801. The van der Waals surface area contributed by atoms with Crippen LogP contribution >= 0.6 is 0 Å². The molecular formula is C9H9NO. The van der Waals surface area contributed by atoms with E-state index in [0.29, 0.717) is 5.56 Å². The molecular weight excluding hydrogens is 138 g/mol. The molecule has 0 spiro atoms. The number of carbonyl (C=O) groups is 1. The summed E-state index contributed by atoms with van der Waals surface area (Å²) in [6.45, 7) is 1.96. The Morgan fingerprint density at radius 3 is 2.36 bits per heavy atom. The van der Waals surface area contributed by atoms with E-state index in [-0.39, 0.29) is 5.78 Å². The van der Waals surface area contributed by atoms with Crippen molar-refractivity contribution in [3.63, 3.8) is 0 Å². The predicted molar refractivity (Wildman–Crippen MR) is 44.3 cm³/mol. The van der Waals surface area contributed by atoms with Crippen LogP contribution in [0.2, 0.25) is 0 Å². The Labute approximate surface area is 65.4 Å². The molecule has 11 heavy (non-hydrogen) atoms. The first kappa shape index (κ1) is 7.66. The van der Waals surface area contributed by atoms with Crippen LogP contribution in [0, 0.1) is 12.3 Å². The Hall–Kier alpha value is -1.44. The quantitative estimate of drug-likeness (QED) is 0.503. The van der Waals surface area contributed by atoms with Crippen molar-refractivity contribution in [1.82, 2.24) is 0 Å². The molecule has 0 unspecified atom stereocenters. The molecule has 1 aromatic carbocycles. The molecule has 0 heterocycles. The van der Waals surface area contributed by atoms with Gasteiger partial charge in [0.2, 0.25) is 5.78 Å². The number of Topliss-reactive ketones (excluding diaryl/α,β-unsaturated/α-hetero) is 1. The highest BCUT2D eigenvalue weighted by atomic mass is 16.1. The summed E-state index contributed by atoms with van der Waals surface area (Å²) >= 11 is 0. The first-order chi connectivity index (χ1) is 5.24. The highest BCUT2D eigenvalue weighted by Gasteiger charge is 1.98. The van der Waals surface area contributed by atoms with Gasteiger partial charge in [-0.2, -0.15) is 0 Å². The van der Waals surface area contributed by atoms with Crippen LogP contribution in [0.15, 0.2) is 24.3 Å². The van der Waals surface area contributed by atoms with Gasteiger partial charge in [0.05, 0.1) is 6.21 Å². The molecule has 0 aliphatic carbocycles. The predicted octanol–water partition coefficient (Wildman–Crippen LogP) is 1.83. The van der Waals surface area contributed by atoms with E-state index in [1.807, 2.05) is 19.1 Å². The maximum atomic E-state index is 10.9. The second kappa shape index (κ2) is 3.10. The molecule has 2 heteroatoms.